The second kappa shape index (κ2) is 4.06. The Balaban J connectivity index is 1.65. The van der Waals surface area contributed by atoms with Crippen molar-refractivity contribution in [2.45, 2.75) is 51.0 Å². The van der Waals surface area contributed by atoms with Gasteiger partial charge < -0.3 is 4.74 Å². The first kappa shape index (κ1) is 10.1. The smallest absolute Gasteiger partial charge is 0.0622 e. The van der Waals surface area contributed by atoms with Crippen molar-refractivity contribution in [2.24, 2.45) is 5.41 Å². The fourth-order valence-corrected chi connectivity index (χ4v) is 3.90. The highest BCUT2D eigenvalue weighted by molar-refractivity contribution is 4.93. The van der Waals surface area contributed by atoms with Gasteiger partial charge in [-0.1, -0.05) is 12.8 Å². The largest absolute Gasteiger partial charge is 0.380 e. The molecule has 3 rings (SSSR count). The first-order valence-electron chi connectivity index (χ1n) is 6.70. The SMILES string of the molecule is C1CCC2(C1)CCCN(C1CCOC1)C2. The molecule has 0 radical (unpaired) electrons. The second-order valence-electron chi connectivity index (χ2n) is 5.80. The minimum Gasteiger partial charge on any atom is -0.380 e. The van der Waals surface area contributed by atoms with Crippen molar-refractivity contribution in [1.82, 2.24) is 4.90 Å². The number of rotatable bonds is 1. The Bertz CT molecular complexity index is 217. The van der Waals surface area contributed by atoms with Gasteiger partial charge >= 0.3 is 0 Å². The van der Waals surface area contributed by atoms with Crippen LogP contribution in [-0.2, 0) is 4.74 Å². The molecule has 0 aromatic heterocycles. The molecule has 1 atom stereocenters. The van der Waals surface area contributed by atoms with Crippen molar-refractivity contribution in [2.75, 3.05) is 26.3 Å². The van der Waals surface area contributed by atoms with Gasteiger partial charge in [-0.3, -0.25) is 4.90 Å². The number of hydrogen-bond acceptors (Lipinski definition) is 2. The lowest BCUT2D eigenvalue weighted by Gasteiger charge is -2.43. The van der Waals surface area contributed by atoms with Crippen LogP contribution in [0.25, 0.3) is 0 Å². The molecule has 1 saturated carbocycles. The molecule has 0 bridgehead atoms. The Morgan fingerprint density at radius 3 is 2.60 bits per heavy atom. The first-order valence-corrected chi connectivity index (χ1v) is 6.70. The van der Waals surface area contributed by atoms with Gasteiger partial charge in [-0.05, 0) is 44.1 Å². The van der Waals surface area contributed by atoms with E-state index in [9.17, 15) is 0 Å². The molecule has 1 unspecified atom stereocenters. The van der Waals surface area contributed by atoms with Crippen LogP contribution in [0, 0.1) is 5.41 Å². The van der Waals surface area contributed by atoms with Crippen molar-refractivity contribution < 1.29 is 4.74 Å². The lowest BCUT2D eigenvalue weighted by atomic mass is 9.78. The minimum absolute atomic E-state index is 0.723. The predicted molar refractivity (Wildman–Crippen MR) is 60.9 cm³/mol. The molecule has 2 heteroatoms. The maximum atomic E-state index is 5.52. The predicted octanol–water partition coefficient (Wildman–Crippen LogP) is 2.43. The van der Waals surface area contributed by atoms with E-state index in [-0.39, 0.29) is 0 Å². The molecule has 3 fully saturated rings. The summed E-state index contributed by atoms with van der Waals surface area (Å²) in [5, 5.41) is 0. The number of ether oxygens (including phenoxy) is 1. The van der Waals surface area contributed by atoms with E-state index in [1.165, 1.54) is 58.0 Å². The molecule has 2 heterocycles. The van der Waals surface area contributed by atoms with Crippen LogP contribution in [0.2, 0.25) is 0 Å². The van der Waals surface area contributed by atoms with Crippen molar-refractivity contribution >= 4 is 0 Å². The molecule has 0 aromatic rings. The molecule has 15 heavy (non-hydrogen) atoms. The molecule has 86 valence electrons. The average Bonchev–Trinajstić information content (AvgIpc) is 2.89. The lowest BCUT2D eigenvalue weighted by Crippen LogP contribution is -2.47. The van der Waals surface area contributed by atoms with Gasteiger partial charge in [0.1, 0.15) is 0 Å². The van der Waals surface area contributed by atoms with E-state index in [0.717, 1.165) is 24.7 Å². The highest BCUT2D eigenvalue weighted by Crippen LogP contribution is 2.45. The monoisotopic (exact) mass is 209 g/mol. The van der Waals surface area contributed by atoms with Crippen molar-refractivity contribution in [3.63, 3.8) is 0 Å². The van der Waals surface area contributed by atoms with Crippen LogP contribution >= 0.6 is 0 Å². The Morgan fingerprint density at radius 1 is 1.07 bits per heavy atom. The van der Waals surface area contributed by atoms with Crippen LogP contribution in [0.1, 0.15) is 44.9 Å². The number of piperidine rings is 1. The van der Waals surface area contributed by atoms with Gasteiger partial charge in [-0.15, -0.1) is 0 Å². The molecule has 0 amide bonds. The second-order valence-corrected chi connectivity index (χ2v) is 5.80. The number of likely N-dealkylation sites (tertiary alicyclic amines) is 1. The van der Waals surface area contributed by atoms with E-state index in [1.54, 1.807) is 0 Å². The first-order chi connectivity index (χ1) is 7.38. The quantitative estimate of drug-likeness (QED) is 0.657. The zero-order valence-electron chi connectivity index (χ0n) is 9.71. The summed E-state index contributed by atoms with van der Waals surface area (Å²) in [7, 11) is 0. The average molecular weight is 209 g/mol. The third kappa shape index (κ3) is 1.94. The third-order valence-corrected chi connectivity index (χ3v) is 4.78. The topological polar surface area (TPSA) is 12.5 Å². The third-order valence-electron chi connectivity index (χ3n) is 4.78. The van der Waals surface area contributed by atoms with Crippen molar-refractivity contribution in [3.8, 4) is 0 Å². The van der Waals surface area contributed by atoms with E-state index in [2.05, 4.69) is 4.90 Å². The standard InChI is InChI=1S/C13H23NO/c1-2-6-13(5-1)7-3-8-14(11-13)12-4-9-15-10-12/h12H,1-11H2. The number of hydrogen-bond donors (Lipinski definition) is 0. The molecule has 1 aliphatic carbocycles. The summed E-state index contributed by atoms with van der Waals surface area (Å²) in [5.41, 5.74) is 0.723. The molecule has 2 saturated heterocycles. The Hall–Kier alpha value is -0.0800. The highest BCUT2D eigenvalue weighted by Gasteiger charge is 2.40. The van der Waals surface area contributed by atoms with E-state index in [1.807, 2.05) is 0 Å². The molecular weight excluding hydrogens is 186 g/mol. The van der Waals surface area contributed by atoms with Gasteiger partial charge in [0.05, 0.1) is 6.61 Å². The van der Waals surface area contributed by atoms with Crippen LogP contribution in [0.15, 0.2) is 0 Å². The van der Waals surface area contributed by atoms with Gasteiger partial charge in [-0.2, -0.15) is 0 Å². The van der Waals surface area contributed by atoms with E-state index >= 15 is 0 Å². The van der Waals surface area contributed by atoms with Crippen LogP contribution in [0.4, 0.5) is 0 Å². The Morgan fingerprint density at radius 2 is 1.87 bits per heavy atom. The zero-order valence-corrected chi connectivity index (χ0v) is 9.71. The molecular formula is C13H23NO. The fourth-order valence-electron chi connectivity index (χ4n) is 3.90. The highest BCUT2D eigenvalue weighted by atomic mass is 16.5. The number of nitrogens with zero attached hydrogens (tertiary/aromatic N) is 1. The Labute approximate surface area is 93.0 Å². The molecule has 0 N–H and O–H groups in total. The summed E-state index contributed by atoms with van der Waals surface area (Å²) in [5.74, 6) is 0. The summed E-state index contributed by atoms with van der Waals surface area (Å²) in [6.45, 7) is 4.70. The van der Waals surface area contributed by atoms with Crippen LogP contribution in [0.3, 0.4) is 0 Å². The minimum atomic E-state index is 0.723. The van der Waals surface area contributed by atoms with Crippen LogP contribution < -0.4 is 0 Å². The van der Waals surface area contributed by atoms with Gasteiger partial charge in [0.25, 0.3) is 0 Å². The van der Waals surface area contributed by atoms with E-state index in [4.69, 9.17) is 4.74 Å². The van der Waals surface area contributed by atoms with E-state index in [0.29, 0.717) is 0 Å². The maximum Gasteiger partial charge on any atom is 0.0622 e. The summed E-state index contributed by atoms with van der Waals surface area (Å²) in [4.78, 5) is 2.74. The molecule has 3 aliphatic rings. The summed E-state index contributed by atoms with van der Waals surface area (Å²) in [6, 6.07) is 0.753. The van der Waals surface area contributed by atoms with Gasteiger partial charge in [0.2, 0.25) is 0 Å². The fraction of sp³-hybridized carbons (Fsp3) is 1.00. The zero-order chi connectivity index (χ0) is 10.1. The van der Waals surface area contributed by atoms with Crippen LogP contribution in [0.5, 0.6) is 0 Å². The normalized spacial score (nSPS) is 36.4. The molecule has 1 spiro atoms. The molecule has 0 aromatic carbocycles. The Kier molecular flexibility index (Phi) is 2.73. The van der Waals surface area contributed by atoms with Gasteiger partial charge in [0.15, 0.2) is 0 Å². The summed E-state index contributed by atoms with van der Waals surface area (Å²) in [6.07, 6.45) is 10.2. The summed E-state index contributed by atoms with van der Waals surface area (Å²) < 4.78 is 5.52. The van der Waals surface area contributed by atoms with Crippen molar-refractivity contribution in [3.05, 3.63) is 0 Å². The molecule has 2 nitrogen and oxygen atoms in total. The van der Waals surface area contributed by atoms with Gasteiger partial charge in [-0.25, -0.2) is 0 Å². The maximum absolute atomic E-state index is 5.52. The lowest BCUT2D eigenvalue weighted by molar-refractivity contribution is 0.0525. The van der Waals surface area contributed by atoms with Crippen LogP contribution in [-0.4, -0.2) is 37.2 Å². The molecule has 2 aliphatic heterocycles. The van der Waals surface area contributed by atoms with E-state index < -0.39 is 0 Å². The van der Waals surface area contributed by atoms with Crippen molar-refractivity contribution in [1.29, 1.82) is 0 Å². The summed E-state index contributed by atoms with van der Waals surface area (Å²) >= 11 is 0. The van der Waals surface area contributed by atoms with Gasteiger partial charge in [0, 0.05) is 19.2 Å².